The molecule has 0 bridgehead atoms. The number of nitrogens with two attached hydrogens (primary N) is 1. The minimum Gasteiger partial charge on any atom is -0.396 e. The van der Waals surface area contributed by atoms with E-state index in [9.17, 15) is 0 Å². The molecule has 0 fully saturated rings. The van der Waals surface area contributed by atoms with Gasteiger partial charge in [-0.15, -0.1) is 0 Å². The zero-order valence-electron chi connectivity index (χ0n) is 21.4. The second-order valence-electron chi connectivity index (χ2n) is 8.97. The van der Waals surface area contributed by atoms with Crippen molar-refractivity contribution in [2.75, 3.05) is 11.1 Å². The predicted molar refractivity (Wildman–Crippen MR) is 157 cm³/mol. The van der Waals surface area contributed by atoms with Gasteiger partial charge >= 0.3 is 0 Å². The first-order valence-electron chi connectivity index (χ1n) is 11.9. The van der Waals surface area contributed by atoms with Crippen molar-refractivity contribution in [2.45, 2.75) is 35.1 Å². The van der Waals surface area contributed by atoms with Crippen molar-refractivity contribution in [1.29, 1.82) is 10.5 Å². The van der Waals surface area contributed by atoms with Crippen LogP contribution >= 0.6 is 0 Å². The first-order chi connectivity index (χ1) is 17.8. The highest BCUT2D eigenvalue weighted by Gasteiger charge is 2.09. The van der Waals surface area contributed by atoms with Crippen molar-refractivity contribution < 1.29 is 0 Å². The molecule has 0 aliphatic heterocycles. The molecule has 5 rings (SSSR count). The molecule has 0 radical (unpaired) electrons. The summed E-state index contributed by atoms with van der Waals surface area (Å²) in [6.45, 7) is 8.33. The smallest absolute Gasteiger partial charge is 0.107 e. The Hall–Kier alpha value is -5.07. The molecule has 6 nitrogen and oxygen atoms in total. The van der Waals surface area contributed by atoms with Gasteiger partial charge in [0.05, 0.1) is 28.0 Å². The SMILES string of the molecule is C.Cc1ccc(-n2cnc3c(C#N)cccc32)cc1C.Cc1ccc(Nc2cccc(C#N)c2N)cc1C. The van der Waals surface area contributed by atoms with Crippen LogP contribution in [0.3, 0.4) is 0 Å². The van der Waals surface area contributed by atoms with Crippen molar-refractivity contribution in [1.82, 2.24) is 9.55 Å². The highest BCUT2D eigenvalue weighted by Crippen LogP contribution is 2.27. The molecule has 0 aliphatic carbocycles. The molecule has 5 aromatic rings. The summed E-state index contributed by atoms with van der Waals surface area (Å²) >= 11 is 0. The molecule has 38 heavy (non-hydrogen) atoms. The van der Waals surface area contributed by atoms with Gasteiger partial charge in [0.1, 0.15) is 24.0 Å². The van der Waals surface area contributed by atoms with Gasteiger partial charge in [-0.2, -0.15) is 10.5 Å². The number of benzene rings is 4. The molecule has 3 N–H and O–H groups in total. The van der Waals surface area contributed by atoms with Crippen LogP contribution in [0.15, 0.2) is 79.1 Å². The number of hydrogen-bond donors (Lipinski definition) is 2. The van der Waals surface area contributed by atoms with E-state index in [0.29, 0.717) is 16.8 Å². The van der Waals surface area contributed by atoms with Crippen LogP contribution in [0.2, 0.25) is 0 Å². The second kappa shape index (κ2) is 11.8. The largest absolute Gasteiger partial charge is 0.396 e. The molecule has 0 saturated heterocycles. The lowest BCUT2D eigenvalue weighted by Gasteiger charge is -2.11. The van der Waals surface area contributed by atoms with E-state index in [1.54, 1.807) is 18.5 Å². The third-order valence-electron chi connectivity index (χ3n) is 6.48. The van der Waals surface area contributed by atoms with Gasteiger partial charge in [0.15, 0.2) is 0 Å². The Balaban J connectivity index is 0.000000206. The summed E-state index contributed by atoms with van der Waals surface area (Å²) in [5, 5.41) is 21.3. The van der Waals surface area contributed by atoms with E-state index in [0.717, 1.165) is 28.1 Å². The van der Waals surface area contributed by atoms with E-state index < -0.39 is 0 Å². The van der Waals surface area contributed by atoms with E-state index in [-0.39, 0.29) is 7.43 Å². The van der Waals surface area contributed by atoms with Crippen LogP contribution in [-0.2, 0) is 0 Å². The number of fused-ring (bicyclic) bond motifs is 1. The van der Waals surface area contributed by atoms with Gasteiger partial charge in [-0.3, -0.25) is 4.57 Å². The summed E-state index contributed by atoms with van der Waals surface area (Å²) < 4.78 is 2.02. The quantitative estimate of drug-likeness (QED) is 0.248. The maximum atomic E-state index is 9.10. The van der Waals surface area contributed by atoms with Crippen molar-refractivity contribution in [3.8, 4) is 17.8 Å². The molecule has 0 aliphatic rings. The molecule has 0 spiro atoms. The van der Waals surface area contributed by atoms with E-state index in [1.807, 2.05) is 34.9 Å². The molecule has 0 atom stereocenters. The Bertz CT molecular complexity index is 1680. The van der Waals surface area contributed by atoms with Crippen molar-refractivity contribution in [3.05, 3.63) is 113 Å². The van der Waals surface area contributed by atoms with Crippen LogP contribution in [0, 0.1) is 50.4 Å². The van der Waals surface area contributed by atoms with E-state index in [2.05, 4.69) is 80.5 Å². The molecule has 4 aromatic carbocycles. The van der Waals surface area contributed by atoms with Crippen molar-refractivity contribution in [3.63, 3.8) is 0 Å². The van der Waals surface area contributed by atoms with Crippen LogP contribution in [-0.4, -0.2) is 9.55 Å². The van der Waals surface area contributed by atoms with Crippen LogP contribution in [0.25, 0.3) is 16.7 Å². The van der Waals surface area contributed by atoms with Gasteiger partial charge in [0.25, 0.3) is 0 Å². The van der Waals surface area contributed by atoms with Gasteiger partial charge in [0.2, 0.25) is 0 Å². The van der Waals surface area contributed by atoms with Crippen LogP contribution < -0.4 is 11.1 Å². The van der Waals surface area contributed by atoms with Gasteiger partial charge < -0.3 is 11.1 Å². The average molecular weight is 501 g/mol. The highest BCUT2D eigenvalue weighted by molar-refractivity contribution is 5.83. The Morgan fingerprint density at radius 2 is 1.39 bits per heavy atom. The molecule has 0 unspecified atom stereocenters. The van der Waals surface area contributed by atoms with Crippen LogP contribution in [0.1, 0.15) is 40.8 Å². The topological polar surface area (TPSA) is 103 Å². The summed E-state index contributed by atoms with van der Waals surface area (Å²) in [7, 11) is 0. The molecule has 1 heterocycles. The summed E-state index contributed by atoms with van der Waals surface area (Å²) in [6.07, 6.45) is 1.77. The van der Waals surface area contributed by atoms with E-state index >= 15 is 0 Å². The number of nitrogens with zero attached hydrogens (tertiary/aromatic N) is 4. The van der Waals surface area contributed by atoms with E-state index in [4.69, 9.17) is 16.3 Å². The lowest BCUT2D eigenvalue weighted by Crippen LogP contribution is -1.99. The zero-order valence-corrected chi connectivity index (χ0v) is 21.4. The number of anilines is 3. The number of aromatic nitrogens is 2. The molecule has 0 saturated carbocycles. The Morgan fingerprint density at radius 1 is 0.763 bits per heavy atom. The third kappa shape index (κ3) is 5.67. The minimum atomic E-state index is 0. The van der Waals surface area contributed by atoms with E-state index in [1.165, 1.54) is 22.3 Å². The second-order valence-corrected chi connectivity index (χ2v) is 8.97. The van der Waals surface area contributed by atoms with Gasteiger partial charge in [0, 0.05) is 11.4 Å². The fourth-order valence-electron chi connectivity index (χ4n) is 3.96. The summed E-state index contributed by atoms with van der Waals surface area (Å²) in [4.78, 5) is 4.36. The fraction of sp³-hybridized carbons (Fsp3) is 0.156. The highest BCUT2D eigenvalue weighted by atomic mass is 15.0. The first kappa shape index (κ1) is 27.5. The number of rotatable bonds is 3. The maximum Gasteiger partial charge on any atom is 0.107 e. The van der Waals surface area contributed by atoms with Gasteiger partial charge in [-0.1, -0.05) is 31.7 Å². The molecule has 6 heteroatoms. The van der Waals surface area contributed by atoms with Crippen LogP contribution in [0.4, 0.5) is 17.1 Å². The van der Waals surface area contributed by atoms with Gasteiger partial charge in [-0.05, 0) is 98.5 Å². The monoisotopic (exact) mass is 500 g/mol. The first-order valence-corrected chi connectivity index (χ1v) is 11.9. The Morgan fingerprint density at radius 3 is 2.05 bits per heavy atom. The van der Waals surface area contributed by atoms with Crippen molar-refractivity contribution >= 4 is 28.1 Å². The molecular weight excluding hydrogens is 468 g/mol. The number of hydrogen-bond acceptors (Lipinski definition) is 5. The maximum absolute atomic E-state index is 9.10. The summed E-state index contributed by atoms with van der Waals surface area (Å²) in [6, 6.07) is 27.7. The molecule has 0 amide bonds. The van der Waals surface area contributed by atoms with Gasteiger partial charge in [-0.25, -0.2) is 4.98 Å². The normalized spacial score (nSPS) is 9.95. The molecule has 190 valence electrons. The number of para-hydroxylation sites is 2. The third-order valence-corrected chi connectivity index (χ3v) is 6.48. The summed E-state index contributed by atoms with van der Waals surface area (Å²) in [5.74, 6) is 0. The lowest BCUT2D eigenvalue weighted by molar-refractivity contribution is 1.08. The fourth-order valence-corrected chi connectivity index (χ4v) is 3.96. The number of nitrogen functional groups attached to an aromatic ring is 1. The Kier molecular flexibility index (Phi) is 8.53. The number of nitriles is 2. The number of imidazole rings is 1. The standard InChI is InChI=1S/C16H13N3.C15H15N3.CH4/c1-11-6-7-14(8-12(11)2)19-10-18-16-13(9-17)4-3-5-15(16)19;1-10-6-7-13(8-11(10)2)18-14-5-3-4-12(9-16)15(14)17;/h3-8,10H,1-2H3;3-8,18H,17H2,1-2H3;1H4. The lowest BCUT2D eigenvalue weighted by atomic mass is 10.1. The minimum absolute atomic E-state index is 0. The molecular formula is C32H32N6. The predicted octanol–water partition coefficient (Wildman–Crippen LogP) is 7.65. The Labute approximate surface area is 224 Å². The van der Waals surface area contributed by atoms with Crippen LogP contribution in [0.5, 0.6) is 0 Å². The van der Waals surface area contributed by atoms with Crippen molar-refractivity contribution in [2.24, 2.45) is 0 Å². The number of aryl methyl sites for hydroxylation is 4. The summed E-state index contributed by atoms with van der Waals surface area (Å²) in [5.41, 5.74) is 17.0. The number of nitrogens with one attached hydrogen (secondary N) is 1. The average Bonchev–Trinajstić information content (AvgIpc) is 3.34. The molecule has 1 aromatic heterocycles. The zero-order chi connectivity index (χ0) is 26.5.